The van der Waals surface area contributed by atoms with Crippen LogP contribution in [0.15, 0.2) is 0 Å². The number of alkyl carbamates (subject to hydrolysis) is 1. The Morgan fingerprint density at radius 3 is 2.50 bits per heavy atom. The summed E-state index contributed by atoms with van der Waals surface area (Å²) in [7, 11) is 0. The Morgan fingerprint density at radius 1 is 1.38 bits per heavy atom. The van der Waals surface area contributed by atoms with Crippen molar-refractivity contribution >= 4 is 6.09 Å². The Balaban J connectivity index is 2.00. The minimum atomic E-state index is -0.721. The summed E-state index contributed by atoms with van der Waals surface area (Å²) in [5, 5.41) is 5.65. The van der Waals surface area contributed by atoms with Crippen molar-refractivity contribution in [2.45, 2.75) is 51.4 Å². The first kappa shape index (κ1) is 13.2. The van der Waals surface area contributed by atoms with Crippen molar-refractivity contribution in [3.05, 3.63) is 0 Å². The van der Waals surface area contributed by atoms with Crippen molar-refractivity contribution in [2.75, 3.05) is 13.1 Å². The van der Waals surface area contributed by atoms with Gasteiger partial charge in [-0.3, -0.25) is 0 Å². The largest absolute Gasteiger partial charge is 0.444 e. The summed E-state index contributed by atoms with van der Waals surface area (Å²) >= 11 is 0. The lowest BCUT2D eigenvalue weighted by atomic mass is 9.91. The van der Waals surface area contributed by atoms with Gasteiger partial charge in [-0.05, 0) is 33.6 Å². The summed E-state index contributed by atoms with van der Waals surface area (Å²) in [4.78, 5) is 11.2. The molecule has 2 atom stereocenters. The molecule has 0 bridgehead atoms. The fourth-order valence-corrected chi connectivity index (χ4v) is 1.43. The molecule has 1 rings (SSSR count). The average molecular weight is 232 g/mol. The summed E-state index contributed by atoms with van der Waals surface area (Å²) in [6.45, 7) is 6.47. The maximum absolute atomic E-state index is 12.8. The zero-order valence-corrected chi connectivity index (χ0v) is 10.2. The van der Waals surface area contributed by atoms with Crippen LogP contribution in [-0.4, -0.2) is 37.0 Å². The van der Waals surface area contributed by atoms with Gasteiger partial charge in [0.25, 0.3) is 0 Å². The lowest BCUT2D eigenvalue weighted by Crippen LogP contribution is -2.48. The van der Waals surface area contributed by atoms with Gasteiger partial charge in [0.2, 0.25) is 0 Å². The Kier molecular flexibility index (Phi) is 4.53. The highest BCUT2D eigenvalue weighted by Crippen LogP contribution is 2.22. The molecule has 16 heavy (non-hydrogen) atoms. The van der Waals surface area contributed by atoms with Gasteiger partial charge >= 0.3 is 6.09 Å². The topological polar surface area (TPSA) is 50.4 Å². The van der Waals surface area contributed by atoms with Crippen LogP contribution in [0.25, 0.3) is 0 Å². The van der Waals surface area contributed by atoms with Gasteiger partial charge in [-0.25, -0.2) is 9.18 Å². The van der Waals surface area contributed by atoms with Crippen molar-refractivity contribution in [1.82, 2.24) is 10.6 Å². The predicted molar refractivity (Wildman–Crippen MR) is 60.2 cm³/mol. The van der Waals surface area contributed by atoms with E-state index in [2.05, 4.69) is 10.6 Å². The molecule has 5 heteroatoms. The van der Waals surface area contributed by atoms with Crippen LogP contribution in [0.2, 0.25) is 0 Å². The van der Waals surface area contributed by atoms with Gasteiger partial charge in [-0.15, -0.1) is 0 Å². The van der Waals surface area contributed by atoms with Gasteiger partial charge in [0.05, 0.1) is 0 Å². The molecule has 94 valence electrons. The smallest absolute Gasteiger partial charge is 0.407 e. The molecule has 2 N–H and O–H groups in total. The second-order valence-corrected chi connectivity index (χ2v) is 5.08. The number of hydrogen-bond donors (Lipinski definition) is 2. The molecule has 0 aromatic carbocycles. The molecule has 4 nitrogen and oxygen atoms in total. The zero-order valence-electron chi connectivity index (χ0n) is 10.2. The molecule has 1 saturated carbocycles. The fraction of sp³-hybridized carbons (Fsp3) is 0.909. The predicted octanol–water partition coefficient (Wildman–Crippen LogP) is 1.60. The molecule has 2 unspecified atom stereocenters. The van der Waals surface area contributed by atoms with E-state index in [0.717, 1.165) is 6.42 Å². The quantitative estimate of drug-likeness (QED) is 0.724. The number of ether oxygens (including phenoxy) is 1. The summed E-state index contributed by atoms with van der Waals surface area (Å²) in [6.07, 6.45) is 0.381. The van der Waals surface area contributed by atoms with Crippen LogP contribution in [-0.2, 0) is 4.74 Å². The first-order chi connectivity index (χ1) is 7.38. The standard InChI is InChI=1S/C11H21FN2O2/c1-11(2,3)16-10(15)14-7-6-13-9-5-4-8(9)12/h8-9,13H,4-7H2,1-3H3,(H,14,15). The molecule has 0 heterocycles. The van der Waals surface area contributed by atoms with Gasteiger partial charge in [0.15, 0.2) is 0 Å². The van der Waals surface area contributed by atoms with Gasteiger partial charge < -0.3 is 15.4 Å². The van der Waals surface area contributed by atoms with Crippen molar-refractivity contribution in [3.8, 4) is 0 Å². The number of alkyl halides is 1. The maximum atomic E-state index is 12.8. The third kappa shape index (κ3) is 4.79. The SMILES string of the molecule is CC(C)(C)OC(=O)NCCNC1CCC1F. The monoisotopic (exact) mass is 232 g/mol. The van der Waals surface area contributed by atoms with Gasteiger partial charge in [0.1, 0.15) is 11.8 Å². The number of rotatable bonds is 4. The molecule has 0 aromatic heterocycles. The number of carbonyl (C=O) groups excluding carboxylic acids is 1. The van der Waals surface area contributed by atoms with E-state index in [1.807, 2.05) is 20.8 Å². The molecule has 0 saturated heterocycles. The summed E-state index contributed by atoms with van der Waals surface area (Å²) in [5.41, 5.74) is -0.477. The summed E-state index contributed by atoms with van der Waals surface area (Å²) < 4.78 is 17.9. The summed E-state index contributed by atoms with van der Waals surface area (Å²) in [6, 6.07) is -0.0274. The van der Waals surface area contributed by atoms with Crippen LogP contribution < -0.4 is 10.6 Å². The number of hydrogen-bond acceptors (Lipinski definition) is 3. The minimum Gasteiger partial charge on any atom is -0.444 e. The van der Waals surface area contributed by atoms with Gasteiger partial charge in [0, 0.05) is 19.1 Å². The lowest BCUT2D eigenvalue weighted by Gasteiger charge is -2.31. The van der Waals surface area contributed by atoms with E-state index in [9.17, 15) is 9.18 Å². The average Bonchev–Trinajstić information content (AvgIpc) is 2.12. The minimum absolute atomic E-state index is 0.0274. The van der Waals surface area contributed by atoms with Crippen molar-refractivity contribution in [1.29, 1.82) is 0 Å². The molecular formula is C11H21FN2O2. The summed E-state index contributed by atoms with van der Waals surface area (Å²) in [5.74, 6) is 0. The number of halogens is 1. The fourth-order valence-electron chi connectivity index (χ4n) is 1.43. The highest BCUT2D eigenvalue weighted by atomic mass is 19.1. The lowest BCUT2D eigenvalue weighted by molar-refractivity contribution is 0.0526. The number of nitrogens with one attached hydrogen (secondary N) is 2. The highest BCUT2D eigenvalue weighted by molar-refractivity contribution is 5.67. The van der Waals surface area contributed by atoms with Crippen LogP contribution in [0.3, 0.4) is 0 Å². The first-order valence-electron chi connectivity index (χ1n) is 5.73. The van der Waals surface area contributed by atoms with E-state index in [0.29, 0.717) is 19.5 Å². The van der Waals surface area contributed by atoms with Gasteiger partial charge in [-0.2, -0.15) is 0 Å². The Morgan fingerprint density at radius 2 is 2.06 bits per heavy atom. The zero-order chi connectivity index (χ0) is 12.2. The second-order valence-electron chi connectivity index (χ2n) is 5.08. The molecule has 1 aliphatic rings. The number of amides is 1. The molecule has 0 radical (unpaired) electrons. The van der Waals surface area contributed by atoms with E-state index >= 15 is 0 Å². The van der Waals surface area contributed by atoms with Crippen LogP contribution in [0.5, 0.6) is 0 Å². The van der Waals surface area contributed by atoms with Crippen LogP contribution in [0.4, 0.5) is 9.18 Å². The molecule has 1 amide bonds. The molecule has 0 aromatic rings. The van der Waals surface area contributed by atoms with E-state index < -0.39 is 17.9 Å². The molecule has 1 aliphatic carbocycles. The second kappa shape index (κ2) is 5.48. The molecule has 0 spiro atoms. The third-order valence-corrected chi connectivity index (χ3v) is 2.39. The van der Waals surface area contributed by atoms with E-state index in [1.165, 1.54) is 0 Å². The third-order valence-electron chi connectivity index (χ3n) is 2.39. The van der Waals surface area contributed by atoms with E-state index in [4.69, 9.17) is 4.74 Å². The maximum Gasteiger partial charge on any atom is 0.407 e. The Hall–Kier alpha value is -0.840. The van der Waals surface area contributed by atoms with Crippen molar-refractivity contribution in [2.24, 2.45) is 0 Å². The Labute approximate surface area is 95.9 Å². The van der Waals surface area contributed by atoms with Crippen molar-refractivity contribution < 1.29 is 13.9 Å². The Bertz CT molecular complexity index is 241. The van der Waals surface area contributed by atoms with Crippen LogP contribution >= 0.6 is 0 Å². The highest BCUT2D eigenvalue weighted by Gasteiger charge is 2.29. The van der Waals surface area contributed by atoms with E-state index in [1.54, 1.807) is 0 Å². The molecule has 1 fully saturated rings. The molecular weight excluding hydrogens is 211 g/mol. The van der Waals surface area contributed by atoms with E-state index in [-0.39, 0.29) is 6.04 Å². The van der Waals surface area contributed by atoms with Crippen molar-refractivity contribution in [3.63, 3.8) is 0 Å². The van der Waals surface area contributed by atoms with Crippen LogP contribution in [0.1, 0.15) is 33.6 Å². The van der Waals surface area contributed by atoms with Gasteiger partial charge in [-0.1, -0.05) is 0 Å². The normalized spacial score (nSPS) is 24.8. The first-order valence-corrected chi connectivity index (χ1v) is 5.73. The molecule has 0 aliphatic heterocycles. The van der Waals surface area contributed by atoms with Crippen LogP contribution in [0, 0.1) is 0 Å². The number of carbonyl (C=O) groups is 1.